The van der Waals surface area contributed by atoms with Crippen molar-refractivity contribution in [3.63, 3.8) is 0 Å². The molecule has 24 heavy (non-hydrogen) atoms. The van der Waals surface area contributed by atoms with E-state index in [2.05, 4.69) is 10.2 Å². The Morgan fingerprint density at radius 1 is 1.33 bits per heavy atom. The molecule has 0 spiro atoms. The molecule has 0 bridgehead atoms. The second-order valence-corrected chi connectivity index (χ2v) is 8.50. The average Bonchev–Trinajstić information content (AvgIpc) is 2.96. The SMILES string of the molecule is CCNC(=O)[C@@H]1CCCN(S(=O)(=O)c2ccc3c(c2)N(C)CC3)C1. The maximum atomic E-state index is 13.0. The third-order valence-electron chi connectivity index (χ3n) is 4.93. The first-order valence-electron chi connectivity index (χ1n) is 8.55. The van der Waals surface area contributed by atoms with Gasteiger partial charge in [-0.3, -0.25) is 4.79 Å². The van der Waals surface area contributed by atoms with Crippen LogP contribution in [0.5, 0.6) is 0 Å². The fourth-order valence-corrected chi connectivity index (χ4v) is 5.07. The molecule has 0 aromatic heterocycles. The molecule has 132 valence electrons. The number of piperidine rings is 1. The van der Waals surface area contributed by atoms with Crippen LogP contribution >= 0.6 is 0 Å². The number of sulfonamides is 1. The number of hydrogen-bond donors (Lipinski definition) is 1. The zero-order valence-electron chi connectivity index (χ0n) is 14.3. The van der Waals surface area contributed by atoms with E-state index in [-0.39, 0.29) is 18.4 Å². The monoisotopic (exact) mass is 351 g/mol. The Labute approximate surface area is 143 Å². The largest absolute Gasteiger partial charge is 0.374 e. The van der Waals surface area contributed by atoms with Gasteiger partial charge in [-0.15, -0.1) is 0 Å². The Hall–Kier alpha value is -1.60. The Morgan fingerprint density at radius 2 is 2.12 bits per heavy atom. The van der Waals surface area contributed by atoms with Crippen molar-refractivity contribution in [1.29, 1.82) is 0 Å². The van der Waals surface area contributed by atoms with E-state index in [0.717, 1.165) is 25.1 Å². The molecule has 2 heterocycles. The molecule has 1 aromatic carbocycles. The molecular formula is C17H25N3O3S. The number of amides is 1. The van der Waals surface area contributed by atoms with Crippen molar-refractivity contribution in [3.05, 3.63) is 23.8 Å². The first kappa shape index (κ1) is 17.2. The van der Waals surface area contributed by atoms with Gasteiger partial charge in [-0.1, -0.05) is 6.07 Å². The maximum absolute atomic E-state index is 13.0. The molecule has 0 unspecified atom stereocenters. The lowest BCUT2D eigenvalue weighted by Crippen LogP contribution is -2.45. The highest BCUT2D eigenvalue weighted by Gasteiger charge is 2.33. The molecule has 1 fully saturated rings. The minimum atomic E-state index is -3.56. The number of nitrogens with zero attached hydrogens (tertiary/aromatic N) is 2. The first-order valence-corrected chi connectivity index (χ1v) is 9.99. The summed E-state index contributed by atoms with van der Waals surface area (Å²) in [7, 11) is -1.58. The molecule has 0 aliphatic carbocycles. The third kappa shape index (κ3) is 3.15. The zero-order chi connectivity index (χ0) is 17.3. The predicted octanol–water partition coefficient (Wildman–Crippen LogP) is 1.22. The molecular weight excluding hydrogens is 326 g/mol. The van der Waals surface area contributed by atoms with Gasteiger partial charge < -0.3 is 10.2 Å². The van der Waals surface area contributed by atoms with E-state index in [9.17, 15) is 13.2 Å². The van der Waals surface area contributed by atoms with Gasteiger partial charge in [-0.2, -0.15) is 4.31 Å². The van der Waals surface area contributed by atoms with Crippen molar-refractivity contribution in [1.82, 2.24) is 9.62 Å². The van der Waals surface area contributed by atoms with Crippen molar-refractivity contribution in [3.8, 4) is 0 Å². The van der Waals surface area contributed by atoms with E-state index >= 15 is 0 Å². The molecule has 2 aliphatic rings. The summed E-state index contributed by atoms with van der Waals surface area (Å²) in [4.78, 5) is 14.5. The molecule has 0 radical (unpaired) electrons. The zero-order valence-corrected chi connectivity index (χ0v) is 15.1. The van der Waals surface area contributed by atoms with Crippen LogP contribution in [0.1, 0.15) is 25.3 Å². The lowest BCUT2D eigenvalue weighted by atomic mass is 9.99. The van der Waals surface area contributed by atoms with Crippen LogP contribution < -0.4 is 10.2 Å². The lowest BCUT2D eigenvalue weighted by molar-refractivity contribution is -0.125. The Bertz CT molecular complexity index is 733. The molecule has 1 saturated heterocycles. The van der Waals surface area contributed by atoms with Gasteiger partial charge in [-0.05, 0) is 43.9 Å². The second kappa shape index (κ2) is 6.72. The van der Waals surface area contributed by atoms with Crippen LogP contribution in [0.3, 0.4) is 0 Å². The van der Waals surface area contributed by atoms with E-state index < -0.39 is 10.0 Å². The number of rotatable bonds is 4. The summed E-state index contributed by atoms with van der Waals surface area (Å²) in [6.07, 6.45) is 2.41. The van der Waals surface area contributed by atoms with Crippen LogP contribution in [-0.2, 0) is 21.2 Å². The van der Waals surface area contributed by atoms with Gasteiger partial charge >= 0.3 is 0 Å². The summed E-state index contributed by atoms with van der Waals surface area (Å²) in [6, 6.07) is 5.38. The number of benzene rings is 1. The number of fused-ring (bicyclic) bond motifs is 1. The first-order chi connectivity index (χ1) is 11.4. The fourth-order valence-electron chi connectivity index (χ4n) is 3.52. The van der Waals surface area contributed by atoms with Gasteiger partial charge in [0.2, 0.25) is 15.9 Å². The predicted molar refractivity (Wildman–Crippen MR) is 93.6 cm³/mol. The van der Waals surface area contributed by atoms with Crippen LogP contribution in [0.4, 0.5) is 5.69 Å². The summed E-state index contributed by atoms with van der Waals surface area (Å²) in [6.45, 7) is 4.10. The van der Waals surface area contributed by atoms with Crippen LogP contribution in [0.25, 0.3) is 0 Å². The second-order valence-electron chi connectivity index (χ2n) is 6.56. The number of carbonyl (C=O) groups excluding carboxylic acids is 1. The smallest absolute Gasteiger partial charge is 0.243 e. The fraction of sp³-hybridized carbons (Fsp3) is 0.588. The summed E-state index contributed by atoms with van der Waals surface area (Å²) >= 11 is 0. The molecule has 1 atom stereocenters. The number of carbonyl (C=O) groups is 1. The number of hydrogen-bond acceptors (Lipinski definition) is 4. The number of nitrogens with one attached hydrogen (secondary N) is 1. The minimum Gasteiger partial charge on any atom is -0.374 e. The molecule has 6 nitrogen and oxygen atoms in total. The average molecular weight is 351 g/mol. The normalized spacial score (nSPS) is 21.6. The van der Waals surface area contributed by atoms with E-state index in [0.29, 0.717) is 24.4 Å². The highest BCUT2D eigenvalue weighted by Crippen LogP contribution is 2.31. The van der Waals surface area contributed by atoms with Crippen molar-refractivity contribution < 1.29 is 13.2 Å². The van der Waals surface area contributed by atoms with Gasteiger partial charge in [-0.25, -0.2) is 8.42 Å². The Morgan fingerprint density at radius 3 is 2.88 bits per heavy atom. The van der Waals surface area contributed by atoms with Crippen LogP contribution in [0, 0.1) is 5.92 Å². The molecule has 7 heteroatoms. The van der Waals surface area contributed by atoms with Gasteiger partial charge in [0.15, 0.2) is 0 Å². The van der Waals surface area contributed by atoms with Gasteiger partial charge in [0.1, 0.15) is 0 Å². The van der Waals surface area contributed by atoms with Crippen molar-refractivity contribution in [2.75, 3.05) is 38.1 Å². The third-order valence-corrected chi connectivity index (χ3v) is 6.79. The van der Waals surface area contributed by atoms with Gasteiger partial charge in [0.05, 0.1) is 10.8 Å². The standard InChI is InChI=1S/C17H25N3O3S/c1-3-18-17(21)14-5-4-9-20(12-14)24(22,23)15-7-6-13-8-10-19(2)16(13)11-15/h6-7,11,14H,3-5,8-10,12H2,1-2H3,(H,18,21)/t14-/m1/s1. The molecule has 1 aromatic rings. The highest BCUT2D eigenvalue weighted by atomic mass is 32.2. The number of anilines is 1. The van der Waals surface area contributed by atoms with Crippen molar-refractivity contribution >= 4 is 21.6 Å². The maximum Gasteiger partial charge on any atom is 0.243 e. The lowest BCUT2D eigenvalue weighted by Gasteiger charge is -2.31. The Kier molecular flexibility index (Phi) is 4.83. The van der Waals surface area contributed by atoms with E-state index in [1.165, 1.54) is 9.87 Å². The molecule has 2 aliphatic heterocycles. The van der Waals surface area contributed by atoms with Gasteiger partial charge in [0.25, 0.3) is 0 Å². The topological polar surface area (TPSA) is 69.7 Å². The molecule has 1 amide bonds. The molecule has 1 N–H and O–H groups in total. The quantitative estimate of drug-likeness (QED) is 0.885. The van der Waals surface area contributed by atoms with E-state index in [4.69, 9.17) is 0 Å². The minimum absolute atomic E-state index is 0.0499. The molecule has 0 saturated carbocycles. The number of likely N-dealkylation sites (N-methyl/N-ethyl adjacent to an activating group) is 1. The summed E-state index contributed by atoms with van der Waals surface area (Å²) in [5.74, 6) is -0.309. The van der Waals surface area contributed by atoms with Crippen molar-refractivity contribution in [2.24, 2.45) is 5.92 Å². The van der Waals surface area contributed by atoms with Crippen LogP contribution in [0.15, 0.2) is 23.1 Å². The van der Waals surface area contributed by atoms with Crippen LogP contribution in [-0.4, -0.2) is 51.9 Å². The Balaban J connectivity index is 1.83. The van der Waals surface area contributed by atoms with Crippen LogP contribution in [0.2, 0.25) is 0 Å². The van der Waals surface area contributed by atoms with E-state index in [1.807, 2.05) is 20.0 Å². The molecule has 3 rings (SSSR count). The summed E-state index contributed by atoms with van der Waals surface area (Å²) < 4.78 is 27.5. The highest BCUT2D eigenvalue weighted by molar-refractivity contribution is 7.89. The van der Waals surface area contributed by atoms with E-state index in [1.54, 1.807) is 12.1 Å². The van der Waals surface area contributed by atoms with Crippen molar-refractivity contribution in [2.45, 2.75) is 31.1 Å². The summed E-state index contributed by atoms with van der Waals surface area (Å²) in [5.41, 5.74) is 2.18. The summed E-state index contributed by atoms with van der Waals surface area (Å²) in [5, 5.41) is 2.80. The van der Waals surface area contributed by atoms with Gasteiger partial charge in [0, 0.05) is 38.9 Å².